The Hall–Kier alpha value is -3.46. The third kappa shape index (κ3) is 3.48. The molecule has 152 valence electrons. The highest BCUT2D eigenvalue weighted by Crippen LogP contribution is 2.27. The molecule has 0 aliphatic carbocycles. The molecule has 0 unspecified atom stereocenters. The predicted molar refractivity (Wildman–Crippen MR) is 116 cm³/mol. The average Bonchev–Trinajstić information content (AvgIpc) is 3.46. The van der Waals surface area contributed by atoms with E-state index in [-0.39, 0.29) is 5.91 Å². The summed E-state index contributed by atoms with van der Waals surface area (Å²) in [5.41, 5.74) is 2.24. The number of fused-ring (bicyclic) bond motifs is 1. The van der Waals surface area contributed by atoms with Crippen LogP contribution in [0.1, 0.15) is 10.5 Å². The summed E-state index contributed by atoms with van der Waals surface area (Å²) in [5.74, 6) is 0.733. The van der Waals surface area contributed by atoms with E-state index in [1.165, 1.54) is 0 Å². The van der Waals surface area contributed by atoms with Gasteiger partial charge in [0.2, 0.25) is 0 Å². The van der Waals surface area contributed by atoms with Crippen molar-refractivity contribution in [2.75, 3.05) is 38.2 Å². The highest BCUT2D eigenvalue weighted by molar-refractivity contribution is 7.21. The standard InChI is InChI=1S/C21H20N6O2S/c1-29-16-6-4-15(5-7-16)27-10-8-18(24-27)20(28)25-11-13-26(14-12-25)21-23-17-3-2-9-22-19(17)30-21/h2-10H,11-14H2,1H3. The lowest BCUT2D eigenvalue weighted by molar-refractivity contribution is 0.0740. The van der Waals surface area contributed by atoms with Crippen LogP contribution < -0.4 is 9.64 Å². The number of thiazole rings is 1. The van der Waals surface area contributed by atoms with Crippen molar-refractivity contribution in [1.29, 1.82) is 0 Å². The Morgan fingerprint density at radius 1 is 1.07 bits per heavy atom. The second kappa shape index (κ2) is 7.75. The lowest BCUT2D eigenvalue weighted by atomic mass is 10.3. The predicted octanol–water partition coefficient (Wildman–Crippen LogP) is 2.85. The molecule has 0 spiro atoms. The molecule has 1 aliphatic heterocycles. The molecule has 4 heterocycles. The van der Waals surface area contributed by atoms with Crippen LogP contribution in [-0.4, -0.2) is 63.8 Å². The molecule has 3 aromatic heterocycles. The summed E-state index contributed by atoms with van der Waals surface area (Å²) >= 11 is 1.59. The molecule has 0 bridgehead atoms. The van der Waals surface area contributed by atoms with E-state index in [1.807, 2.05) is 41.3 Å². The Morgan fingerprint density at radius 3 is 2.60 bits per heavy atom. The largest absolute Gasteiger partial charge is 0.497 e. The number of amides is 1. The van der Waals surface area contributed by atoms with E-state index < -0.39 is 0 Å². The Balaban J connectivity index is 1.25. The van der Waals surface area contributed by atoms with Crippen LogP contribution in [0, 0.1) is 0 Å². The monoisotopic (exact) mass is 420 g/mol. The van der Waals surface area contributed by atoms with E-state index in [1.54, 1.807) is 41.6 Å². The van der Waals surface area contributed by atoms with Gasteiger partial charge in [-0.3, -0.25) is 4.79 Å². The number of benzene rings is 1. The number of anilines is 1. The maximum atomic E-state index is 12.9. The minimum Gasteiger partial charge on any atom is -0.497 e. The number of nitrogens with zero attached hydrogens (tertiary/aromatic N) is 6. The van der Waals surface area contributed by atoms with Gasteiger partial charge in [0.1, 0.15) is 16.1 Å². The molecule has 30 heavy (non-hydrogen) atoms. The van der Waals surface area contributed by atoms with Crippen LogP contribution in [0.5, 0.6) is 5.75 Å². The summed E-state index contributed by atoms with van der Waals surface area (Å²) < 4.78 is 6.89. The molecule has 0 atom stereocenters. The minimum absolute atomic E-state index is 0.0483. The molecule has 1 saturated heterocycles. The normalized spacial score (nSPS) is 14.3. The number of rotatable bonds is 4. The fourth-order valence-electron chi connectivity index (χ4n) is 3.47. The highest BCUT2D eigenvalue weighted by atomic mass is 32.1. The van der Waals surface area contributed by atoms with Gasteiger partial charge in [-0.25, -0.2) is 14.6 Å². The summed E-state index contributed by atoms with van der Waals surface area (Å²) in [5, 5.41) is 5.43. The number of pyridine rings is 1. The van der Waals surface area contributed by atoms with Crippen molar-refractivity contribution in [3.05, 3.63) is 60.6 Å². The van der Waals surface area contributed by atoms with Gasteiger partial charge >= 0.3 is 0 Å². The van der Waals surface area contributed by atoms with Gasteiger partial charge in [0, 0.05) is 38.6 Å². The third-order valence-electron chi connectivity index (χ3n) is 5.14. The highest BCUT2D eigenvalue weighted by Gasteiger charge is 2.25. The molecule has 1 aliphatic rings. The van der Waals surface area contributed by atoms with Gasteiger partial charge in [-0.2, -0.15) is 5.10 Å². The first kappa shape index (κ1) is 18.6. The van der Waals surface area contributed by atoms with Crippen molar-refractivity contribution in [3.63, 3.8) is 0 Å². The summed E-state index contributed by atoms with van der Waals surface area (Å²) in [7, 11) is 1.63. The van der Waals surface area contributed by atoms with Crippen molar-refractivity contribution in [2.24, 2.45) is 0 Å². The first-order valence-electron chi connectivity index (χ1n) is 9.67. The lowest BCUT2D eigenvalue weighted by Gasteiger charge is -2.34. The molecule has 0 N–H and O–H groups in total. The number of aromatic nitrogens is 4. The zero-order chi connectivity index (χ0) is 20.5. The van der Waals surface area contributed by atoms with E-state index in [9.17, 15) is 4.79 Å². The molecule has 4 aromatic rings. The number of carbonyl (C=O) groups is 1. The molecular formula is C21H20N6O2S. The zero-order valence-corrected chi connectivity index (χ0v) is 17.2. The first-order chi connectivity index (χ1) is 14.7. The molecule has 1 fully saturated rings. The smallest absolute Gasteiger partial charge is 0.274 e. The average molecular weight is 420 g/mol. The topological polar surface area (TPSA) is 76.4 Å². The number of hydrogen-bond donors (Lipinski definition) is 0. The first-order valence-corrected chi connectivity index (χ1v) is 10.5. The fourth-order valence-corrected chi connectivity index (χ4v) is 4.43. The van der Waals surface area contributed by atoms with Crippen LogP contribution in [0.2, 0.25) is 0 Å². The number of methoxy groups -OCH3 is 1. The third-order valence-corrected chi connectivity index (χ3v) is 6.18. The van der Waals surface area contributed by atoms with Crippen LogP contribution in [0.4, 0.5) is 5.13 Å². The maximum Gasteiger partial charge on any atom is 0.274 e. The molecule has 0 radical (unpaired) electrons. The summed E-state index contributed by atoms with van der Waals surface area (Å²) in [6.07, 6.45) is 3.59. The Morgan fingerprint density at radius 2 is 1.87 bits per heavy atom. The molecule has 1 aromatic carbocycles. The van der Waals surface area contributed by atoms with Gasteiger partial charge in [0.25, 0.3) is 5.91 Å². The van der Waals surface area contributed by atoms with E-state index >= 15 is 0 Å². The van der Waals surface area contributed by atoms with Crippen molar-refractivity contribution in [3.8, 4) is 11.4 Å². The lowest BCUT2D eigenvalue weighted by Crippen LogP contribution is -2.48. The number of ether oxygens (including phenoxy) is 1. The second-order valence-corrected chi connectivity index (χ2v) is 7.90. The maximum absolute atomic E-state index is 12.9. The zero-order valence-electron chi connectivity index (χ0n) is 16.4. The SMILES string of the molecule is COc1ccc(-n2ccc(C(=O)N3CCN(c4nc5cccnc5s4)CC3)n2)cc1. The minimum atomic E-state index is -0.0483. The van der Waals surface area contributed by atoms with E-state index in [2.05, 4.69) is 20.0 Å². The molecular weight excluding hydrogens is 400 g/mol. The van der Waals surface area contributed by atoms with Crippen LogP contribution in [0.25, 0.3) is 16.0 Å². The van der Waals surface area contributed by atoms with Crippen molar-refractivity contribution in [1.82, 2.24) is 24.6 Å². The summed E-state index contributed by atoms with van der Waals surface area (Å²) in [6, 6.07) is 13.2. The molecule has 1 amide bonds. The number of hydrogen-bond acceptors (Lipinski definition) is 7. The van der Waals surface area contributed by atoms with E-state index in [0.29, 0.717) is 18.8 Å². The molecule has 5 rings (SSSR count). The molecule has 8 nitrogen and oxygen atoms in total. The van der Waals surface area contributed by atoms with Crippen LogP contribution in [0.3, 0.4) is 0 Å². The van der Waals surface area contributed by atoms with Gasteiger partial charge in [0.05, 0.1) is 12.8 Å². The van der Waals surface area contributed by atoms with Crippen molar-refractivity contribution < 1.29 is 9.53 Å². The Kier molecular flexibility index (Phi) is 4.80. The molecule has 0 saturated carbocycles. The van der Waals surface area contributed by atoms with Gasteiger partial charge in [-0.05, 0) is 42.5 Å². The fraction of sp³-hybridized carbons (Fsp3) is 0.238. The summed E-state index contributed by atoms with van der Waals surface area (Å²) in [6.45, 7) is 2.75. The van der Waals surface area contributed by atoms with E-state index in [0.717, 1.165) is 40.0 Å². The van der Waals surface area contributed by atoms with E-state index in [4.69, 9.17) is 4.74 Å². The quantitative estimate of drug-likeness (QED) is 0.505. The number of carbonyl (C=O) groups excluding carboxylic acids is 1. The van der Waals surface area contributed by atoms with Gasteiger partial charge < -0.3 is 14.5 Å². The summed E-state index contributed by atoms with van der Waals surface area (Å²) in [4.78, 5) is 27.0. The van der Waals surface area contributed by atoms with Crippen LogP contribution in [-0.2, 0) is 0 Å². The Labute approximate surface area is 177 Å². The van der Waals surface area contributed by atoms with Crippen molar-refractivity contribution >= 4 is 32.7 Å². The second-order valence-electron chi connectivity index (χ2n) is 6.95. The van der Waals surface area contributed by atoms with Crippen molar-refractivity contribution in [2.45, 2.75) is 0 Å². The molecule has 9 heteroatoms. The van der Waals surface area contributed by atoms with Crippen LogP contribution in [0.15, 0.2) is 54.9 Å². The van der Waals surface area contributed by atoms with Crippen LogP contribution >= 0.6 is 11.3 Å². The Bertz CT molecular complexity index is 1140. The van der Waals surface area contributed by atoms with Gasteiger partial charge in [-0.15, -0.1) is 0 Å². The number of piperazine rings is 1. The van der Waals surface area contributed by atoms with Gasteiger partial charge in [-0.1, -0.05) is 11.3 Å². The van der Waals surface area contributed by atoms with Gasteiger partial charge in [0.15, 0.2) is 10.8 Å².